The number of aromatic amines is 1. The van der Waals surface area contributed by atoms with Gasteiger partial charge in [-0.1, -0.05) is 29.3 Å². The van der Waals surface area contributed by atoms with Crippen LogP contribution in [0.15, 0.2) is 27.8 Å². The summed E-state index contributed by atoms with van der Waals surface area (Å²) in [6.45, 7) is 3.30. The third-order valence-electron chi connectivity index (χ3n) is 2.75. The fourth-order valence-corrected chi connectivity index (χ4v) is 1.99. The molecule has 1 heterocycles. The molecule has 0 radical (unpaired) electrons. The summed E-state index contributed by atoms with van der Waals surface area (Å²) in [5.41, 5.74) is 0.368. The van der Waals surface area contributed by atoms with Crippen LogP contribution in [0.1, 0.15) is 11.1 Å². The predicted octanol–water partition coefficient (Wildman–Crippen LogP) is 2.45. The van der Waals surface area contributed by atoms with Gasteiger partial charge in [-0.2, -0.15) is 0 Å². The van der Waals surface area contributed by atoms with Crippen LogP contribution in [0, 0.1) is 13.8 Å². The first-order valence-electron chi connectivity index (χ1n) is 5.20. The maximum absolute atomic E-state index is 12.1. The van der Waals surface area contributed by atoms with E-state index < -0.39 is 11.2 Å². The zero-order valence-corrected chi connectivity index (χ0v) is 11.3. The van der Waals surface area contributed by atoms with Crippen LogP contribution in [0.2, 0.25) is 10.2 Å². The Kier molecular flexibility index (Phi) is 3.32. The lowest BCUT2D eigenvalue weighted by Gasteiger charge is -2.10. The van der Waals surface area contributed by atoms with Crippen LogP contribution in [0.4, 0.5) is 0 Å². The topological polar surface area (TPSA) is 54.9 Å². The van der Waals surface area contributed by atoms with Crippen molar-refractivity contribution in [1.82, 2.24) is 9.55 Å². The lowest BCUT2D eigenvalue weighted by atomic mass is 10.2. The third-order valence-corrected chi connectivity index (χ3v) is 3.54. The van der Waals surface area contributed by atoms with E-state index in [1.165, 1.54) is 0 Å². The van der Waals surface area contributed by atoms with Gasteiger partial charge in [-0.05, 0) is 31.5 Å². The minimum atomic E-state index is -0.582. The van der Waals surface area contributed by atoms with E-state index in [2.05, 4.69) is 4.98 Å². The van der Waals surface area contributed by atoms with Crippen molar-refractivity contribution in [1.29, 1.82) is 0 Å². The first kappa shape index (κ1) is 12.9. The Morgan fingerprint density at radius 1 is 1.11 bits per heavy atom. The smallest absolute Gasteiger partial charge is 0.297 e. The first-order valence-corrected chi connectivity index (χ1v) is 5.96. The Hall–Kier alpha value is -1.52. The van der Waals surface area contributed by atoms with Gasteiger partial charge in [-0.15, -0.1) is 0 Å². The van der Waals surface area contributed by atoms with Crippen molar-refractivity contribution in [2.75, 3.05) is 0 Å². The number of hydrogen-bond acceptors (Lipinski definition) is 2. The standard InChI is InChI=1S/C12H10Cl2N2O2/c1-6-8(13)4-3-5-9(6)16-11(17)7(2)10(14)15-12(16)18/h3-5H,1-2H3,(H,15,18). The van der Waals surface area contributed by atoms with E-state index in [9.17, 15) is 9.59 Å². The van der Waals surface area contributed by atoms with Crippen LogP contribution < -0.4 is 11.2 Å². The molecule has 2 rings (SSSR count). The molecule has 0 aliphatic rings. The van der Waals surface area contributed by atoms with Crippen LogP contribution in [0.25, 0.3) is 5.69 Å². The molecule has 0 aliphatic carbocycles. The fourth-order valence-electron chi connectivity index (χ4n) is 1.65. The molecule has 0 atom stereocenters. The SMILES string of the molecule is Cc1c(Cl)cccc1-n1c(=O)[nH]c(Cl)c(C)c1=O. The van der Waals surface area contributed by atoms with Gasteiger partial charge in [0.05, 0.1) is 11.3 Å². The maximum Gasteiger partial charge on any atom is 0.334 e. The number of hydrogen-bond donors (Lipinski definition) is 1. The van der Waals surface area contributed by atoms with Crippen molar-refractivity contribution < 1.29 is 0 Å². The molecule has 0 fully saturated rings. The minimum absolute atomic E-state index is 0.0564. The largest absolute Gasteiger partial charge is 0.334 e. The van der Waals surface area contributed by atoms with Gasteiger partial charge < -0.3 is 0 Å². The molecule has 0 unspecified atom stereocenters. The number of benzene rings is 1. The molecule has 1 aromatic carbocycles. The Balaban J connectivity index is 2.89. The molecule has 0 bridgehead atoms. The Morgan fingerprint density at radius 2 is 1.78 bits per heavy atom. The Morgan fingerprint density at radius 3 is 2.44 bits per heavy atom. The zero-order valence-electron chi connectivity index (χ0n) is 9.75. The second-order valence-electron chi connectivity index (χ2n) is 3.89. The number of aromatic nitrogens is 2. The van der Waals surface area contributed by atoms with Crippen molar-refractivity contribution in [3.05, 3.63) is 60.3 Å². The Bertz CT molecular complexity index is 732. The van der Waals surface area contributed by atoms with Gasteiger partial charge in [0.2, 0.25) is 0 Å². The van der Waals surface area contributed by atoms with Gasteiger partial charge in [-0.3, -0.25) is 9.78 Å². The van der Waals surface area contributed by atoms with Gasteiger partial charge in [0.25, 0.3) is 5.56 Å². The molecule has 0 saturated carbocycles. The van der Waals surface area contributed by atoms with E-state index in [4.69, 9.17) is 23.2 Å². The summed E-state index contributed by atoms with van der Waals surface area (Å²) in [7, 11) is 0. The fraction of sp³-hybridized carbons (Fsp3) is 0.167. The summed E-state index contributed by atoms with van der Waals surface area (Å²) in [4.78, 5) is 26.4. The average molecular weight is 285 g/mol. The van der Waals surface area contributed by atoms with Crippen LogP contribution in [0.5, 0.6) is 0 Å². The summed E-state index contributed by atoms with van der Waals surface area (Å²) in [5, 5.41) is 0.548. The number of nitrogens with one attached hydrogen (secondary N) is 1. The molecule has 0 amide bonds. The summed E-state index contributed by atoms with van der Waals surface area (Å²) in [5.74, 6) is 0. The van der Waals surface area contributed by atoms with E-state index >= 15 is 0 Å². The molecule has 18 heavy (non-hydrogen) atoms. The number of rotatable bonds is 1. The molecule has 0 saturated heterocycles. The van der Waals surface area contributed by atoms with Gasteiger partial charge in [0.1, 0.15) is 5.15 Å². The number of nitrogens with zero attached hydrogens (tertiary/aromatic N) is 1. The summed E-state index contributed by atoms with van der Waals surface area (Å²) >= 11 is 11.7. The number of H-pyrrole nitrogens is 1. The lowest BCUT2D eigenvalue weighted by molar-refractivity contribution is 0.854. The van der Waals surface area contributed by atoms with Crippen LogP contribution in [0.3, 0.4) is 0 Å². The quantitative estimate of drug-likeness (QED) is 0.818. The molecular weight excluding hydrogens is 275 g/mol. The Labute approximate surface area is 113 Å². The average Bonchev–Trinajstić information content (AvgIpc) is 2.32. The molecule has 0 spiro atoms. The van der Waals surface area contributed by atoms with Crippen LogP contribution in [-0.2, 0) is 0 Å². The van der Waals surface area contributed by atoms with Crippen molar-refractivity contribution in [3.63, 3.8) is 0 Å². The summed E-state index contributed by atoms with van der Waals surface area (Å²) < 4.78 is 1.03. The monoisotopic (exact) mass is 284 g/mol. The zero-order chi connectivity index (χ0) is 13.4. The van der Waals surface area contributed by atoms with Crippen molar-refractivity contribution in [2.45, 2.75) is 13.8 Å². The van der Waals surface area contributed by atoms with Crippen molar-refractivity contribution in [2.24, 2.45) is 0 Å². The van der Waals surface area contributed by atoms with Crippen LogP contribution >= 0.6 is 23.2 Å². The maximum atomic E-state index is 12.1. The van der Waals surface area contributed by atoms with E-state index in [0.29, 0.717) is 16.3 Å². The van der Waals surface area contributed by atoms with Gasteiger partial charge in [0.15, 0.2) is 0 Å². The van der Waals surface area contributed by atoms with E-state index in [1.54, 1.807) is 32.0 Å². The molecular formula is C12H10Cl2N2O2. The van der Waals surface area contributed by atoms with Crippen molar-refractivity contribution >= 4 is 23.2 Å². The molecule has 94 valence electrons. The highest BCUT2D eigenvalue weighted by Gasteiger charge is 2.13. The second kappa shape index (κ2) is 4.63. The normalized spacial score (nSPS) is 10.7. The third kappa shape index (κ3) is 1.98. The molecule has 4 nitrogen and oxygen atoms in total. The highest BCUT2D eigenvalue weighted by Crippen LogP contribution is 2.20. The van der Waals surface area contributed by atoms with E-state index in [-0.39, 0.29) is 10.7 Å². The van der Waals surface area contributed by atoms with Crippen LogP contribution in [-0.4, -0.2) is 9.55 Å². The number of halogens is 2. The highest BCUT2D eigenvalue weighted by molar-refractivity contribution is 6.31. The van der Waals surface area contributed by atoms with Crippen molar-refractivity contribution in [3.8, 4) is 5.69 Å². The van der Waals surface area contributed by atoms with E-state index in [0.717, 1.165) is 4.57 Å². The molecule has 6 heteroatoms. The molecule has 2 aromatic rings. The molecule has 1 N–H and O–H groups in total. The summed E-state index contributed by atoms with van der Waals surface area (Å²) in [6.07, 6.45) is 0. The predicted molar refractivity (Wildman–Crippen MR) is 72.2 cm³/mol. The van der Waals surface area contributed by atoms with Gasteiger partial charge in [0, 0.05) is 5.02 Å². The first-order chi connectivity index (χ1) is 8.43. The molecule has 1 aromatic heterocycles. The highest BCUT2D eigenvalue weighted by atomic mass is 35.5. The van der Waals surface area contributed by atoms with Gasteiger partial charge in [-0.25, -0.2) is 9.36 Å². The lowest BCUT2D eigenvalue weighted by Crippen LogP contribution is -2.35. The van der Waals surface area contributed by atoms with E-state index in [1.807, 2.05) is 0 Å². The van der Waals surface area contributed by atoms with Gasteiger partial charge >= 0.3 is 5.69 Å². The molecule has 0 aliphatic heterocycles. The second-order valence-corrected chi connectivity index (χ2v) is 4.68. The summed E-state index contributed by atoms with van der Waals surface area (Å²) in [6, 6.07) is 5.04. The minimum Gasteiger partial charge on any atom is -0.297 e.